The number of hydrogen-bond donors (Lipinski definition) is 1. The van der Waals surface area contributed by atoms with Gasteiger partial charge >= 0.3 is 0 Å². The molecule has 0 radical (unpaired) electrons. The molecule has 0 fully saturated rings. The molecule has 1 unspecified atom stereocenters. The van der Waals surface area contributed by atoms with Crippen molar-refractivity contribution in [3.63, 3.8) is 0 Å². The van der Waals surface area contributed by atoms with Gasteiger partial charge in [0, 0.05) is 0 Å². The van der Waals surface area contributed by atoms with E-state index in [9.17, 15) is 0 Å². The van der Waals surface area contributed by atoms with Crippen molar-refractivity contribution < 1.29 is 0 Å². The average Bonchev–Trinajstić information content (AvgIpc) is 2.43. The molecular weight excluding hydrogens is 230 g/mol. The molecule has 0 aromatic heterocycles. The van der Waals surface area contributed by atoms with Gasteiger partial charge in [-0.05, 0) is 31.8 Å². The molecule has 1 nitrogen and oxygen atoms in total. The molecular formula is C18H39N. The van der Waals surface area contributed by atoms with Crippen LogP contribution >= 0.6 is 0 Å². The maximum atomic E-state index is 3.52. The Bertz CT molecular complexity index is 156. The first-order chi connectivity index (χ1) is 9.35. The van der Waals surface area contributed by atoms with Crippen LogP contribution in [0.2, 0.25) is 0 Å². The first-order valence-corrected chi connectivity index (χ1v) is 9.05. The quantitative estimate of drug-likeness (QED) is 0.363. The maximum Gasteiger partial charge on any atom is -0.00489 e. The Hall–Kier alpha value is -0.0400. The van der Waals surface area contributed by atoms with Crippen LogP contribution in [0.3, 0.4) is 0 Å². The zero-order chi connectivity index (χ0) is 14.2. The minimum absolute atomic E-state index is 1.01. The third kappa shape index (κ3) is 14.2. The molecule has 0 aromatic rings. The van der Waals surface area contributed by atoms with Crippen molar-refractivity contribution in [2.75, 3.05) is 13.1 Å². The lowest BCUT2D eigenvalue weighted by Crippen LogP contribution is -2.16. The number of hydrogen-bond acceptors (Lipinski definition) is 1. The van der Waals surface area contributed by atoms with E-state index in [1.807, 2.05) is 0 Å². The third-order valence-corrected chi connectivity index (χ3v) is 4.20. The zero-order valence-electron chi connectivity index (χ0n) is 14.0. The minimum Gasteiger partial charge on any atom is -0.317 e. The summed E-state index contributed by atoms with van der Waals surface area (Å²) in [6.07, 6.45) is 16.9. The van der Waals surface area contributed by atoms with Gasteiger partial charge in [0.05, 0.1) is 0 Å². The standard InChI is InChI=1S/C18H39N/c1-4-7-16-19-17-13-11-9-8-10-12-15-18(6-3)14-5-2/h18-19H,4-17H2,1-3H3. The van der Waals surface area contributed by atoms with Crippen LogP contribution in [0.15, 0.2) is 0 Å². The largest absolute Gasteiger partial charge is 0.317 e. The van der Waals surface area contributed by atoms with Gasteiger partial charge < -0.3 is 5.32 Å². The topological polar surface area (TPSA) is 12.0 Å². The summed E-state index contributed by atoms with van der Waals surface area (Å²) >= 11 is 0. The molecule has 0 saturated carbocycles. The van der Waals surface area contributed by atoms with Crippen molar-refractivity contribution in [3.05, 3.63) is 0 Å². The van der Waals surface area contributed by atoms with Crippen LogP contribution in [0.4, 0.5) is 0 Å². The van der Waals surface area contributed by atoms with Gasteiger partial charge in [0.2, 0.25) is 0 Å². The molecule has 1 N–H and O–H groups in total. The minimum atomic E-state index is 1.01. The molecule has 19 heavy (non-hydrogen) atoms. The van der Waals surface area contributed by atoms with Gasteiger partial charge in [-0.25, -0.2) is 0 Å². The SMILES string of the molecule is CCCCNCCCCCCCCC(CC)CCC. The summed E-state index contributed by atoms with van der Waals surface area (Å²) < 4.78 is 0. The van der Waals surface area contributed by atoms with Crippen LogP contribution < -0.4 is 5.32 Å². The highest BCUT2D eigenvalue weighted by atomic mass is 14.8. The van der Waals surface area contributed by atoms with E-state index in [2.05, 4.69) is 26.1 Å². The smallest absolute Gasteiger partial charge is 0.00489 e. The van der Waals surface area contributed by atoms with E-state index < -0.39 is 0 Å². The Kier molecular flexibility index (Phi) is 16.0. The Morgan fingerprint density at radius 2 is 1.26 bits per heavy atom. The average molecular weight is 270 g/mol. The fraction of sp³-hybridized carbons (Fsp3) is 1.00. The zero-order valence-corrected chi connectivity index (χ0v) is 14.0. The number of unbranched alkanes of at least 4 members (excludes halogenated alkanes) is 6. The molecule has 1 atom stereocenters. The number of rotatable bonds is 15. The molecule has 0 bridgehead atoms. The van der Waals surface area contributed by atoms with E-state index in [1.54, 1.807) is 0 Å². The summed E-state index contributed by atoms with van der Waals surface area (Å²) in [5.74, 6) is 1.01. The van der Waals surface area contributed by atoms with Crippen LogP contribution in [-0.2, 0) is 0 Å². The van der Waals surface area contributed by atoms with E-state index >= 15 is 0 Å². The summed E-state index contributed by atoms with van der Waals surface area (Å²) in [5.41, 5.74) is 0. The van der Waals surface area contributed by atoms with E-state index in [-0.39, 0.29) is 0 Å². The normalized spacial score (nSPS) is 12.8. The van der Waals surface area contributed by atoms with Crippen molar-refractivity contribution in [2.45, 2.75) is 97.8 Å². The molecule has 0 aromatic carbocycles. The second kappa shape index (κ2) is 16.0. The third-order valence-electron chi connectivity index (χ3n) is 4.20. The Balaban J connectivity index is 3.09. The van der Waals surface area contributed by atoms with E-state index in [1.165, 1.54) is 90.1 Å². The molecule has 1 heteroatoms. The molecule has 0 saturated heterocycles. The first-order valence-electron chi connectivity index (χ1n) is 9.05. The Morgan fingerprint density at radius 3 is 1.89 bits per heavy atom. The van der Waals surface area contributed by atoms with Crippen LogP contribution in [0.25, 0.3) is 0 Å². The Labute approximate surface area is 122 Å². The summed E-state index contributed by atoms with van der Waals surface area (Å²) in [5, 5.41) is 3.52. The molecule has 0 aliphatic rings. The van der Waals surface area contributed by atoms with E-state index in [0.29, 0.717) is 0 Å². The van der Waals surface area contributed by atoms with Crippen molar-refractivity contribution >= 4 is 0 Å². The predicted octanol–water partition coefficient (Wildman–Crippen LogP) is 5.93. The van der Waals surface area contributed by atoms with Crippen LogP contribution in [0.1, 0.15) is 97.8 Å². The molecule has 116 valence electrons. The first kappa shape index (κ1) is 19.0. The lowest BCUT2D eigenvalue weighted by molar-refractivity contribution is 0.408. The molecule has 0 spiro atoms. The fourth-order valence-electron chi connectivity index (χ4n) is 2.78. The van der Waals surface area contributed by atoms with Crippen LogP contribution in [0, 0.1) is 5.92 Å². The van der Waals surface area contributed by atoms with Crippen LogP contribution in [0.5, 0.6) is 0 Å². The molecule has 0 rings (SSSR count). The molecule has 0 aliphatic heterocycles. The van der Waals surface area contributed by atoms with Gasteiger partial charge in [-0.15, -0.1) is 0 Å². The summed E-state index contributed by atoms with van der Waals surface area (Å²) in [4.78, 5) is 0. The van der Waals surface area contributed by atoms with Gasteiger partial charge in [-0.3, -0.25) is 0 Å². The van der Waals surface area contributed by atoms with Crippen molar-refractivity contribution in [2.24, 2.45) is 5.92 Å². The summed E-state index contributed by atoms with van der Waals surface area (Å²) in [6.45, 7) is 9.37. The molecule has 0 heterocycles. The fourth-order valence-corrected chi connectivity index (χ4v) is 2.78. The summed E-state index contributed by atoms with van der Waals surface area (Å²) in [7, 11) is 0. The van der Waals surface area contributed by atoms with E-state index in [0.717, 1.165) is 5.92 Å². The number of nitrogens with one attached hydrogen (secondary N) is 1. The Morgan fingerprint density at radius 1 is 0.632 bits per heavy atom. The monoisotopic (exact) mass is 269 g/mol. The highest BCUT2D eigenvalue weighted by molar-refractivity contribution is 4.57. The molecule has 0 aliphatic carbocycles. The van der Waals surface area contributed by atoms with Gasteiger partial charge in [-0.1, -0.05) is 85.0 Å². The highest BCUT2D eigenvalue weighted by Gasteiger charge is 2.03. The van der Waals surface area contributed by atoms with E-state index in [4.69, 9.17) is 0 Å². The van der Waals surface area contributed by atoms with Crippen molar-refractivity contribution in [3.8, 4) is 0 Å². The van der Waals surface area contributed by atoms with Gasteiger partial charge in [-0.2, -0.15) is 0 Å². The second-order valence-corrected chi connectivity index (χ2v) is 6.08. The maximum absolute atomic E-state index is 3.52. The van der Waals surface area contributed by atoms with Gasteiger partial charge in [0.1, 0.15) is 0 Å². The van der Waals surface area contributed by atoms with Gasteiger partial charge in [0.25, 0.3) is 0 Å². The lowest BCUT2D eigenvalue weighted by atomic mass is 9.94. The lowest BCUT2D eigenvalue weighted by Gasteiger charge is -2.13. The van der Waals surface area contributed by atoms with Crippen LogP contribution in [-0.4, -0.2) is 13.1 Å². The van der Waals surface area contributed by atoms with Crippen molar-refractivity contribution in [1.82, 2.24) is 5.32 Å². The van der Waals surface area contributed by atoms with Gasteiger partial charge in [0.15, 0.2) is 0 Å². The summed E-state index contributed by atoms with van der Waals surface area (Å²) in [6, 6.07) is 0. The highest BCUT2D eigenvalue weighted by Crippen LogP contribution is 2.19. The second-order valence-electron chi connectivity index (χ2n) is 6.08. The molecule has 0 amide bonds. The van der Waals surface area contributed by atoms with Crippen molar-refractivity contribution in [1.29, 1.82) is 0 Å². The predicted molar refractivity (Wildman–Crippen MR) is 88.8 cm³/mol.